The van der Waals surface area contributed by atoms with Gasteiger partial charge in [0, 0.05) is 5.56 Å². The Morgan fingerprint density at radius 1 is 0.714 bits per heavy atom. The summed E-state index contributed by atoms with van der Waals surface area (Å²) in [4.78, 5) is 0. The molecule has 0 amide bonds. The van der Waals surface area contributed by atoms with Crippen LogP contribution in [0.25, 0.3) is 11.3 Å². The molecule has 2 heteroatoms. The highest BCUT2D eigenvalue weighted by Gasteiger charge is 2.01. The van der Waals surface area contributed by atoms with Crippen molar-refractivity contribution in [3.8, 4) is 11.3 Å². The van der Waals surface area contributed by atoms with Crippen LogP contribution in [0.15, 0.2) is 36.4 Å². The molecule has 0 aliphatic rings. The van der Waals surface area contributed by atoms with Gasteiger partial charge in [0.1, 0.15) is 0 Å². The zero-order chi connectivity index (χ0) is 14.9. The summed E-state index contributed by atoms with van der Waals surface area (Å²) in [6.07, 6.45) is 8.57. The fourth-order valence-corrected chi connectivity index (χ4v) is 2.50. The molecule has 1 aromatic carbocycles. The predicted molar refractivity (Wildman–Crippen MR) is 89.3 cm³/mol. The van der Waals surface area contributed by atoms with Gasteiger partial charge >= 0.3 is 0 Å². The van der Waals surface area contributed by atoms with Gasteiger partial charge in [-0.1, -0.05) is 63.8 Å². The molecule has 1 heterocycles. The van der Waals surface area contributed by atoms with Crippen molar-refractivity contribution >= 4 is 0 Å². The molecular weight excluding hydrogens is 256 g/mol. The number of aryl methyl sites for hydroxylation is 2. The van der Waals surface area contributed by atoms with Crippen LogP contribution < -0.4 is 0 Å². The van der Waals surface area contributed by atoms with Crippen LogP contribution in [0.4, 0.5) is 0 Å². The summed E-state index contributed by atoms with van der Waals surface area (Å²) in [6, 6.07) is 12.9. The Bertz CT molecular complexity index is 514. The second kappa shape index (κ2) is 8.56. The quantitative estimate of drug-likeness (QED) is 0.620. The molecule has 0 unspecified atom stereocenters. The molecule has 21 heavy (non-hydrogen) atoms. The third-order valence-electron chi connectivity index (χ3n) is 3.79. The minimum atomic E-state index is 0.965. The first-order valence-corrected chi connectivity index (χ1v) is 8.25. The maximum absolute atomic E-state index is 4.33. The Kier molecular flexibility index (Phi) is 6.39. The minimum absolute atomic E-state index is 0.965. The Morgan fingerprint density at radius 3 is 2.14 bits per heavy atom. The second-order valence-electron chi connectivity index (χ2n) is 5.67. The van der Waals surface area contributed by atoms with Crippen LogP contribution in [0.2, 0.25) is 0 Å². The Balaban J connectivity index is 1.94. The van der Waals surface area contributed by atoms with E-state index in [0.29, 0.717) is 0 Å². The monoisotopic (exact) mass is 282 g/mol. The van der Waals surface area contributed by atoms with Crippen molar-refractivity contribution < 1.29 is 0 Å². The third kappa shape index (κ3) is 4.96. The first-order chi connectivity index (χ1) is 10.3. The molecule has 0 spiro atoms. The van der Waals surface area contributed by atoms with Gasteiger partial charge in [0.2, 0.25) is 0 Å². The van der Waals surface area contributed by atoms with E-state index in [-0.39, 0.29) is 0 Å². The van der Waals surface area contributed by atoms with Crippen molar-refractivity contribution in [3.63, 3.8) is 0 Å². The molecule has 112 valence electrons. The normalized spacial score (nSPS) is 10.8. The van der Waals surface area contributed by atoms with E-state index in [4.69, 9.17) is 0 Å². The molecule has 0 N–H and O–H groups in total. The molecule has 2 aromatic rings. The van der Waals surface area contributed by atoms with Gasteiger partial charge < -0.3 is 0 Å². The lowest BCUT2D eigenvalue weighted by atomic mass is 10.0. The van der Waals surface area contributed by atoms with Crippen molar-refractivity contribution in [2.45, 2.75) is 58.8 Å². The summed E-state index contributed by atoms with van der Waals surface area (Å²) in [5, 5.41) is 8.62. The van der Waals surface area contributed by atoms with Crippen molar-refractivity contribution in [1.29, 1.82) is 0 Å². The largest absolute Gasteiger partial charge is 0.155 e. The van der Waals surface area contributed by atoms with E-state index in [9.17, 15) is 0 Å². The van der Waals surface area contributed by atoms with Gasteiger partial charge in [0.25, 0.3) is 0 Å². The molecule has 0 radical (unpaired) electrons. The lowest BCUT2D eigenvalue weighted by Crippen LogP contribution is -1.94. The van der Waals surface area contributed by atoms with E-state index >= 15 is 0 Å². The summed E-state index contributed by atoms with van der Waals surface area (Å²) >= 11 is 0. The van der Waals surface area contributed by atoms with Gasteiger partial charge in [-0.3, -0.25) is 0 Å². The van der Waals surface area contributed by atoms with Gasteiger partial charge in [-0.05, 0) is 37.0 Å². The van der Waals surface area contributed by atoms with Crippen molar-refractivity contribution in [3.05, 3.63) is 47.7 Å². The highest BCUT2D eigenvalue weighted by atomic mass is 15.1. The van der Waals surface area contributed by atoms with Crippen molar-refractivity contribution in [1.82, 2.24) is 10.2 Å². The second-order valence-corrected chi connectivity index (χ2v) is 5.67. The van der Waals surface area contributed by atoms with E-state index in [1.165, 1.54) is 37.7 Å². The first kappa shape index (κ1) is 15.7. The standard InChI is InChI=1S/C19H26N2/c1-3-5-6-7-9-16-10-12-17(13-11-16)19-15-14-18(8-4-2)20-21-19/h10-15H,3-9H2,1-2H3. The summed E-state index contributed by atoms with van der Waals surface area (Å²) in [6.45, 7) is 4.41. The molecule has 1 aromatic heterocycles. The van der Waals surface area contributed by atoms with E-state index in [1.807, 2.05) is 0 Å². The number of rotatable bonds is 8. The molecule has 0 aliphatic heterocycles. The lowest BCUT2D eigenvalue weighted by molar-refractivity contribution is 0.667. The molecule has 2 nitrogen and oxygen atoms in total. The van der Waals surface area contributed by atoms with Crippen LogP contribution in [0.1, 0.15) is 57.2 Å². The highest BCUT2D eigenvalue weighted by Crippen LogP contribution is 2.18. The molecule has 0 saturated heterocycles. The number of hydrogen-bond donors (Lipinski definition) is 0. The van der Waals surface area contributed by atoms with Gasteiger partial charge in [0.15, 0.2) is 0 Å². The maximum Gasteiger partial charge on any atom is 0.0929 e. The number of aromatic nitrogens is 2. The molecule has 0 fully saturated rings. The maximum atomic E-state index is 4.33. The first-order valence-electron chi connectivity index (χ1n) is 8.25. The van der Waals surface area contributed by atoms with Crippen LogP contribution in [0.3, 0.4) is 0 Å². The average Bonchev–Trinajstić information content (AvgIpc) is 2.53. The number of hydrogen-bond acceptors (Lipinski definition) is 2. The van der Waals surface area contributed by atoms with E-state index in [1.54, 1.807) is 0 Å². The Hall–Kier alpha value is -1.70. The van der Waals surface area contributed by atoms with Gasteiger partial charge in [-0.2, -0.15) is 10.2 Å². The molecule has 0 aliphatic carbocycles. The summed E-state index contributed by atoms with van der Waals surface area (Å²) in [5.41, 5.74) is 4.62. The molecule has 0 bridgehead atoms. The smallest absolute Gasteiger partial charge is 0.0929 e. The molecule has 0 saturated carbocycles. The summed E-state index contributed by atoms with van der Waals surface area (Å²) in [7, 11) is 0. The van der Waals surface area contributed by atoms with Gasteiger partial charge in [-0.25, -0.2) is 0 Å². The number of unbranched alkanes of at least 4 members (excludes halogenated alkanes) is 3. The zero-order valence-electron chi connectivity index (χ0n) is 13.3. The molecule has 0 atom stereocenters. The fraction of sp³-hybridized carbons (Fsp3) is 0.474. The lowest BCUT2D eigenvalue weighted by Gasteiger charge is -2.04. The van der Waals surface area contributed by atoms with E-state index in [2.05, 4.69) is 60.4 Å². The van der Waals surface area contributed by atoms with E-state index in [0.717, 1.165) is 29.8 Å². The molecule has 2 rings (SSSR count). The zero-order valence-corrected chi connectivity index (χ0v) is 13.3. The minimum Gasteiger partial charge on any atom is -0.155 e. The highest BCUT2D eigenvalue weighted by molar-refractivity contribution is 5.58. The average molecular weight is 282 g/mol. The van der Waals surface area contributed by atoms with Gasteiger partial charge in [-0.15, -0.1) is 0 Å². The van der Waals surface area contributed by atoms with Crippen LogP contribution in [-0.4, -0.2) is 10.2 Å². The van der Waals surface area contributed by atoms with Gasteiger partial charge in [0.05, 0.1) is 11.4 Å². The van der Waals surface area contributed by atoms with Crippen molar-refractivity contribution in [2.75, 3.05) is 0 Å². The van der Waals surface area contributed by atoms with Crippen molar-refractivity contribution in [2.24, 2.45) is 0 Å². The van der Waals surface area contributed by atoms with Crippen LogP contribution in [0, 0.1) is 0 Å². The Morgan fingerprint density at radius 2 is 1.52 bits per heavy atom. The van der Waals surface area contributed by atoms with Crippen LogP contribution >= 0.6 is 0 Å². The topological polar surface area (TPSA) is 25.8 Å². The Labute approximate surface area is 128 Å². The van der Waals surface area contributed by atoms with E-state index < -0.39 is 0 Å². The third-order valence-corrected chi connectivity index (χ3v) is 3.79. The molecular formula is C19H26N2. The SMILES string of the molecule is CCCCCCc1ccc(-c2ccc(CCC)nn2)cc1. The van der Waals surface area contributed by atoms with Crippen LogP contribution in [0.5, 0.6) is 0 Å². The number of benzene rings is 1. The summed E-state index contributed by atoms with van der Waals surface area (Å²) < 4.78 is 0. The van der Waals surface area contributed by atoms with Crippen LogP contribution in [-0.2, 0) is 12.8 Å². The summed E-state index contributed by atoms with van der Waals surface area (Å²) in [5.74, 6) is 0. The number of nitrogens with zero attached hydrogens (tertiary/aromatic N) is 2. The predicted octanol–water partition coefficient (Wildman–Crippen LogP) is 5.22. The fourth-order valence-electron chi connectivity index (χ4n) is 2.50.